The summed E-state index contributed by atoms with van der Waals surface area (Å²) in [4.78, 5) is 12.8. The molecule has 0 bridgehead atoms. The van der Waals surface area contributed by atoms with Crippen LogP contribution in [0.5, 0.6) is 0 Å². The van der Waals surface area contributed by atoms with E-state index in [0.717, 1.165) is 32.9 Å². The fourth-order valence-electron chi connectivity index (χ4n) is 1.65. The molecule has 100 valence electrons. The largest absolute Gasteiger partial charge is 0.321 e. The number of anilines is 1. The van der Waals surface area contributed by atoms with Crippen molar-refractivity contribution in [2.75, 3.05) is 5.32 Å². The first kappa shape index (κ1) is 14.1. The van der Waals surface area contributed by atoms with Gasteiger partial charge in [0.2, 0.25) is 0 Å². The summed E-state index contributed by atoms with van der Waals surface area (Å²) in [5.74, 6) is 0.0306. The molecule has 0 aliphatic rings. The number of carbonyl (C=O) groups is 1. The van der Waals surface area contributed by atoms with E-state index in [1.807, 2.05) is 39.0 Å². The van der Waals surface area contributed by atoms with E-state index < -0.39 is 0 Å². The van der Waals surface area contributed by atoms with Gasteiger partial charge in [-0.3, -0.25) is 4.79 Å². The minimum atomic E-state index is -0.153. The summed E-state index contributed by atoms with van der Waals surface area (Å²) in [6.45, 7) is 5.95. The Kier molecular flexibility index (Phi) is 4.31. The van der Waals surface area contributed by atoms with Gasteiger partial charge in [0, 0.05) is 10.2 Å². The van der Waals surface area contributed by atoms with Gasteiger partial charge in [0.25, 0.3) is 5.91 Å². The lowest BCUT2D eigenvalue weighted by Crippen LogP contribution is -2.14. The molecule has 0 unspecified atom stereocenters. The smallest absolute Gasteiger partial charge is 0.269 e. The summed E-state index contributed by atoms with van der Waals surface area (Å²) in [5, 5.41) is 6.93. The Hall–Kier alpha value is -1.27. The van der Waals surface area contributed by atoms with Crippen LogP contribution in [0, 0.1) is 6.92 Å². The van der Waals surface area contributed by atoms with E-state index in [4.69, 9.17) is 0 Å². The average Bonchev–Trinajstić information content (AvgIpc) is 2.84. The lowest BCUT2D eigenvalue weighted by molar-refractivity contribution is 0.102. The summed E-state index contributed by atoms with van der Waals surface area (Å²) in [7, 11) is 0. The predicted octanol–water partition coefficient (Wildman–Crippen LogP) is 3.98. The molecule has 0 saturated heterocycles. The molecule has 2 rings (SSSR count). The van der Waals surface area contributed by atoms with Crippen LogP contribution < -0.4 is 5.32 Å². The van der Waals surface area contributed by atoms with Crippen LogP contribution in [0.25, 0.3) is 0 Å². The monoisotopic (exact) mass is 339 g/mol. The minimum absolute atomic E-state index is 0.153. The average molecular weight is 340 g/mol. The maximum Gasteiger partial charge on any atom is 0.269 e. The second kappa shape index (κ2) is 5.79. The van der Waals surface area contributed by atoms with Gasteiger partial charge in [0.15, 0.2) is 0 Å². The molecule has 0 spiro atoms. The van der Waals surface area contributed by atoms with Crippen LogP contribution in [-0.4, -0.2) is 15.5 Å². The van der Waals surface area contributed by atoms with Crippen LogP contribution >= 0.6 is 27.5 Å². The maximum atomic E-state index is 12.3. The van der Waals surface area contributed by atoms with Crippen molar-refractivity contribution >= 4 is 39.1 Å². The molecular formula is C13H14BrN3OS. The van der Waals surface area contributed by atoms with Crippen molar-refractivity contribution in [3.05, 3.63) is 38.8 Å². The normalized spacial score (nSPS) is 10.8. The van der Waals surface area contributed by atoms with Crippen LogP contribution in [0.1, 0.15) is 40.7 Å². The first-order chi connectivity index (χ1) is 9.00. The fraction of sp³-hybridized carbons (Fsp3) is 0.308. The lowest BCUT2D eigenvalue weighted by Gasteiger charge is -2.09. The Morgan fingerprint density at radius 2 is 2.16 bits per heavy atom. The number of amides is 1. The molecule has 1 amide bonds. The van der Waals surface area contributed by atoms with E-state index in [1.54, 1.807) is 0 Å². The molecule has 0 atom stereocenters. The number of hydrogen-bond acceptors (Lipinski definition) is 4. The van der Waals surface area contributed by atoms with Gasteiger partial charge in [-0.05, 0) is 42.1 Å². The Morgan fingerprint density at radius 3 is 2.84 bits per heavy atom. The van der Waals surface area contributed by atoms with E-state index >= 15 is 0 Å². The molecule has 0 aliphatic carbocycles. The summed E-state index contributed by atoms with van der Waals surface area (Å²) < 4.78 is 4.84. The van der Waals surface area contributed by atoms with Crippen molar-refractivity contribution in [3.8, 4) is 0 Å². The number of benzene rings is 1. The van der Waals surface area contributed by atoms with E-state index in [2.05, 4.69) is 30.8 Å². The van der Waals surface area contributed by atoms with Gasteiger partial charge < -0.3 is 5.32 Å². The molecular weight excluding hydrogens is 326 g/mol. The molecule has 6 heteroatoms. The third-order valence-corrected chi connectivity index (χ3v) is 4.38. The van der Waals surface area contributed by atoms with E-state index in [1.165, 1.54) is 0 Å². The maximum absolute atomic E-state index is 12.3. The molecule has 0 radical (unpaired) electrons. The molecule has 0 aliphatic heterocycles. The molecule has 1 heterocycles. The van der Waals surface area contributed by atoms with Gasteiger partial charge in [-0.25, -0.2) is 0 Å². The fourth-order valence-corrected chi connectivity index (χ4v) is 2.74. The van der Waals surface area contributed by atoms with E-state index in [9.17, 15) is 4.79 Å². The molecule has 1 aromatic heterocycles. The van der Waals surface area contributed by atoms with Crippen LogP contribution in [0.3, 0.4) is 0 Å². The van der Waals surface area contributed by atoms with Gasteiger partial charge in [-0.15, -0.1) is 5.10 Å². The topological polar surface area (TPSA) is 54.9 Å². The number of aromatic nitrogens is 2. The predicted molar refractivity (Wildman–Crippen MR) is 80.8 cm³/mol. The zero-order valence-corrected chi connectivity index (χ0v) is 13.3. The van der Waals surface area contributed by atoms with Gasteiger partial charge >= 0.3 is 0 Å². The van der Waals surface area contributed by atoms with Crippen LogP contribution in [0.4, 0.5) is 5.69 Å². The Bertz CT molecular complexity index is 610. The highest BCUT2D eigenvalue weighted by molar-refractivity contribution is 9.10. The van der Waals surface area contributed by atoms with Crippen LogP contribution in [0.2, 0.25) is 0 Å². The molecule has 1 aromatic carbocycles. The molecule has 4 nitrogen and oxygen atoms in total. The lowest BCUT2D eigenvalue weighted by atomic mass is 10.1. The number of hydrogen-bond donors (Lipinski definition) is 1. The highest BCUT2D eigenvalue weighted by atomic mass is 79.9. The third kappa shape index (κ3) is 3.01. The van der Waals surface area contributed by atoms with Crippen molar-refractivity contribution < 1.29 is 4.79 Å². The van der Waals surface area contributed by atoms with E-state index in [-0.39, 0.29) is 11.8 Å². The Balaban J connectivity index is 2.26. The Labute approximate surface area is 124 Å². The molecule has 0 fully saturated rings. The van der Waals surface area contributed by atoms with E-state index in [0.29, 0.717) is 4.88 Å². The Morgan fingerprint density at radius 1 is 1.42 bits per heavy atom. The van der Waals surface area contributed by atoms with Crippen LogP contribution in [-0.2, 0) is 0 Å². The molecule has 19 heavy (non-hydrogen) atoms. The highest BCUT2D eigenvalue weighted by Crippen LogP contribution is 2.25. The van der Waals surface area contributed by atoms with Gasteiger partial charge in [0.1, 0.15) is 4.88 Å². The zero-order valence-electron chi connectivity index (χ0n) is 10.9. The minimum Gasteiger partial charge on any atom is -0.321 e. The first-order valence-electron chi connectivity index (χ1n) is 5.89. The van der Waals surface area contributed by atoms with Crippen molar-refractivity contribution in [1.29, 1.82) is 0 Å². The second-order valence-electron chi connectivity index (χ2n) is 4.51. The van der Waals surface area contributed by atoms with Crippen molar-refractivity contribution in [2.24, 2.45) is 0 Å². The molecule has 1 N–H and O–H groups in total. The second-order valence-corrected chi connectivity index (χ2v) is 6.12. The summed E-state index contributed by atoms with van der Waals surface area (Å²) >= 11 is 4.58. The number of carbonyl (C=O) groups excluding carboxylic acids is 1. The van der Waals surface area contributed by atoms with Gasteiger partial charge in [-0.2, -0.15) is 0 Å². The standard InChI is InChI=1S/C13H14BrN3OS/c1-7(2)11-12(19-17-16-11)13(18)15-10-6-4-5-9(14)8(10)3/h4-7H,1-3H3,(H,15,18). The van der Waals surface area contributed by atoms with Crippen LogP contribution in [0.15, 0.2) is 22.7 Å². The number of rotatable bonds is 3. The van der Waals surface area contributed by atoms with Crippen molar-refractivity contribution in [3.63, 3.8) is 0 Å². The number of halogens is 1. The summed E-state index contributed by atoms with van der Waals surface area (Å²) in [6, 6.07) is 5.71. The first-order valence-corrected chi connectivity index (χ1v) is 7.46. The summed E-state index contributed by atoms with van der Waals surface area (Å²) in [6.07, 6.45) is 0. The highest BCUT2D eigenvalue weighted by Gasteiger charge is 2.19. The zero-order chi connectivity index (χ0) is 14.0. The third-order valence-electron chi connectivity index (χ3n) is 2.78. The number of nitrogens with one attached hydrogen (secondary N) is 1. The van der Waals surface area contributed by atoms with Gasteiger partial charge in [0.05, 0.1) is 5.69 Å². The summed E-state index contributed by atoms with van der Waals surface area (Å²) in [5.41, 5.74) is 2.54. The molecule has 0 saturated carbocycles. The van der Waals surface area contributed by atoms with Gasteiger partial charge in [-0.1, -0.05) is 40.3 Å². The number of nitrogens with zero attached hydrogens (tertiary/aromatic N) is 2. The quantitative estimate of drug-likeness (QED) is 0.919. The van der Waals surface area contributed by atoms with Crippen molar-refractivity contribution in [1.82, 2.24) is 9.59 Å². The molecule has 2 aromatic rings. The SMILES string of the molecule is Cc1c(Br)cccc1NC(=O)c1snnc1C(C)C. The van der Waals surface area contributed by atoms with Crippen molar-refractivity contribution in [2.45, 2.75) is 26.7 Å².